The molecule has 3 nitrogen and oxygen atoms in total. The predicted molar refractivity (Wildman–Crippen MR) is 67.7 cm³/mol. The van der Waals surface area contributed by atoms with Gasteiger partial charge in [0.25, 0.3) is 0 Å². The molecule has 0 fully saturated rings. The Hall–Kier alpha value is -1.29. The first-order valence-electron chi connectivity index (χ1n) is 5.35. The molecule has 0 spiro atoms. The van der Waals surface area contributed by atoms with Crippen molar-refractivity contribution in [3.8, 4) is 0 Å². The first-order chi connectivity index (χ1) is 7.84. The van der Waals surface area contributed by atoms with Gasteiger partial charge in [-0.05, 0) is 12.0 Å². The van der Waals surface area contributed by atoms with Gasteiger partial charge in [0.1, 0.15) is 0 Å². The number of nitrogens with one attached hydrogen (secondary N) is 1. The molecule has 1 aromatic rings. The largest absolute Gasteiger partial charge is 0.305 e. The average molecular weight is 234 g/mol. The monoisotopic (exact) mass is 234 g/mol. The van der Waals surface area contributed by atoms with Crippen LogP contribution in [0.5, 0.6) is 0 Å². The summed E-state index contributed by atoms with van der Waals surface area (Å²) < 4.78 is 0. The van der Waals surface area contributed by atoms with Gasteiger partial charge in [0.15, 0.2) is 5.17 Å². The van der Waals surface area contributed by atoms with Gasteiger partial charge in [-0.2, -0.15) is 0 Å². The molecule has 16 heavy (non-hydrogen) atoms. The number of carbonyl (C=O) groups is 1. The third kappa shape index (κ3) is 3.38. The smallest absolute Gasteiger partial charge is 0.226 e. The van der Waals surface area contributed by atoms with E-state index in [9.17, 15) is 4.79 Å². The zero-order valence-electron chi connectivity index (χ0n) is 8.98. The number of hydrogen-bond acceptors (Lipinski definition) is 3. The number of aryl methyl sites for hydroxylation is 1. The number of thioether (sulfide) groups is 1. The average Bonchev–Trinajstić information content (AvgIpc) is 2.81. The van der Waals surface area contributed by atoms with E-state index in [0.717, 1.165) is 23.9 Å². The van der Waals surface area contributed by atoms with E-state index in [1.165, 1.54) is 5.56 Å². The van der Waals surface area contributed by atoms with Crippen molar-refractivity contribution >= 4 is 22.8 Å². The molecular weight excluding hydrogens is 220 g/mol. The van der Waals surface area contributed by atoms with Crippen molar-refractivity contribution in [2.45, 2.75) is 12.8 Å². The summed E-state index contributed by atoms with van der Waals surface area (Å²) in [4.78, 5) is 15.7. The molecule has 0 unspecified atom stereocenters. The molecule has 4 heteroatoms. The van der Waals surface area contributed by atoms with Gasteiger partial charge < -0.3 is 5.32 Å². The number of carbonyl (C=O) groups excluding carboxylic acids is 1. The third-order valence-electron chi connectivity index (χ3n) is 2.32. The van der Waals surface area contributed by atoms with Crippen molar-refractivity contribution in [1.29, 1.82) is 0 Å². The fourth-order valence-electron chi connectivity index (χ4n) is 1.50. The number of nitrogens with zero attached hydrogens (tertiary/aromatic N) is 1. The van der Waals surface area contributed by atoms with Crippen molar-refractivity contribution in [3.63, 3.8) is 0 Å². The van der Waals surface area contributed by atoms with Crippen molar-refractivity contribution in [1.82, 2.24) is 5.32 Å². The molecule has 0 radical (unpaired) electrons. The van der Waals surface area contributed by atoms with E-state index >= 15 is 0 Å². The zero-order valence-corrected chi connectivity index (χ0v) is 9.80. The minimum Gasteiger partial charge on any atom is -0.305 e. The highest BCUT2D eigenvalue weighted by atomic mass is 32.2. The molecule has 0 saturated carbocycles. The van der Waals surface area contributed by atoms with Crippen LogP contribution in [0.3, 0.4) is 0 Å². The van der Waals surface area contributed by atoms with Crippen molar-refractivity contribution < 1.29 is 4.79 Å². The normalized spacial score (nSPS) is 14.6. The Kier molecular flexibility index (Phi) is 3.99. The van der Waals surface area contributed by atoms with Gasteiger partial charge in [-0.15, -0.1) is 0 Å². The van der Waals surface area contributed by atoms with Crippen molar-refractivity contribution in [2.75, 3.05) is 12.3 Å². The zero-order chi connectivity index (χ0) is 11.2. The second kappa shape index (κ2) is 5.70. The highest BCUT2D eigenvalue weighted by Crippen LogP contribution is 2.09. The lowest BCUT2D eigenvalue weighted by atomic mass is 10.1. The van der Waals surface area contributed by atoms with Crippen molar-refractivity contribution in [3.05, 3.63) is 35.9 Å². The van der Waals surface area contributed by atoms with E-state index in [0.29, 0.717) is 6.42 Å². The van der Waals surface area contributed by atoms with E-state index in [1.807, 2.05) is 30.3 Å². The van der Waals surface area contributed by atoms with E-state index in [-0.39, 0.29) is 5.91 Å². The number of hydrogen-bond donors (Lipinski definition) is 1. The lowest BCUT2D eigenvalue weighted by Gasteiger charge is -2.03. The molecule has 2 rings (SSSR count). The number of amides is 1. The first kappa shape index (κ1) is 11.2. The molecule has 0 bridgehead atoms. The van der Waals surface area contributed by atoms with Crippen LogP contribution in [0.25, 0.3) is 0 Å². The van der Waals surface area contributed by atoms with E-state index in [4.69, 9.17) is 0 Å². The number of amidine groups is 1. The SMILES string of the molecule is O=C(CCc1ccccc1)NC1=NCCS1. The van der Waals surface area contributed by atoms with Gasteiger partial charge in [0.2, 0.25) is 5.91 Å². The molecule has 1 N–H and O–H groups in total. The maximum Gasteiger partial charge on any atom is 0.226 e. The Labute approximate surface area is 99.3 Å². The second-order valence-corrected chi connectivity index (χ2v) is 4.65. The van der Waals surface area contributed by atoms with Crippen LogP contribution < -0.4 is 5.32 Å². The summed E-state index contributed by atoms with van der Waals surface area (Å²) in [5.74, 6) is 1.03. The minimum atomic E-state index is 0.0528. The quantitative estimate of drug-likeness (QED) is 0.867. The van der Waals surface area contributed by atoms with Gasteiger partial charge >= 0.3 is 0 Å². The maximum absolute atomic E-state index is 11.6. The van der Waals surface area contributed by atoms with Crippen LogP contribution in [0.15, 0.2) is 35.3 Å². The summed E-state index contributed by atoms with van der Waals surface area (Å²) in [5.41, 5.74) is 1.19. The summed E-state index contributed by atoms with van der Waals surface area (Å²) >= 11 is 1.61. The Balaban J connectivity index is 1.75. The minimum absolute atomic E-state index is 0.0528. The van der Waals surface area contributed by atoms with Gasteiger partial charge in [0.05, 0.1) is 6.54 Å². The standard InChI is InChI=1S/C12H14N2OS/c15-11(14-12-13-8-9-16-12)7-6-10-4-2-1-3-5-10/h1-5H,6-9H2,(H,13,14,15). The van der Waals surface area contributed by atoms with Gasteiger partial charge in [0, 0.05) is 12.2 Å². The Morgan fingerprint density at radius 2 is 2.19 bits per heavy atom. The van der Waals surface area contributed by atoms with Gasteiger partial charge in [-0.25, -0.2) is 0 Å². The fraction of sp³-hybridized carbons (Fsp3) is 0.333. The fourth-order valence-corrected chi connectivity index (χ4v) is 2.24. The van der Waals surface area contributed by atoms with E-state index in [2.05, 4.69) is 10.3 Å². The predicted octanol–water partition coefficient (Wildman–Crippen LogP) is 1.84. The van der Waals surface area contributed by atoms with Gasteiger partial charge in [-0.3, -0.25) is 9.79 Å². The Morgan fingerprint density at radius 1 is 1.38 bits per heavy atom. The Bertz CT molecular complexity index is 389. The number of benzene rings is 1. The third-order valence-corrected chi connectivity index (χ3v) is 3.21. The van der Waals surface area contributed by atoms with Crippen LogP contribution in [0.2, 0.25) is 0 Å². The molecule has 1 amide bonds. The van der Waals surface area contributed by atoms with E-state index < -0.39 is 0 Å². The topological polar surface area (TPSA) is 41.5 Å². The molecule has 0 atom stereocenters. The molecule has 1 heterocycles. The molecule has 84 valence electrons. The molecule has 0 saturated heterocycles. The van der Waals surface area contributed by atoms with Crippen LogP contribution in [0.1, 0.15) is 12.0 Å². The van der Waals surface area contributed by atoms with Crippen LogP contribution in [-0.4, -0.2) is 23.4 Å². The van der Waals surface area contributed by atoms with Crippen LogP contribution in [0.4, 0.5) is 0 Å². The molecule has 1 aliphatic rings. The second-order valence-electron chi connectivity index (χ2n) is 3.57. The lowest BCUT2D eigenvalue weighted by Crippen LogP contribution is -2.27. The molecule has 0 aliphatic carbocycles. The molecule has 1 aliphatic heterocycles. The number of rotatable bonds is 3. The van der Waals surface area contributed by atoms with Crippen LogP contribution in [-0.2, 0) is 11.2 Å². The van der Waals surface area contributed by atoms with Crippen molar-refractivity contribution in [2.24, 2.45) is 4.99 Å². The highest BCUT2D eigenvalue weighted by Gasteiger charge is 2.10. The first-order valence-corrected chi connectivity index (χ1v) is 6.34. The summed E-state index contributed by atoms with van der Waals surface area (Å²) in [6.07, 6.45) is 1.30. The molecule has 0 aromatic heterocycles. The summed E-state index contributed by atoms with van der Waals surface area (Å²) in [5, 5.41) is 3.60. The highest BCUT2D eigenvalue weighted by molar-refractivity contribution is 8.14. The van der Waals surface area contributed by atoms with E-state index in [1.54, 1.807) is 11.8 Å². The lowest BCUT2D eigenvalue weighted by molar-refractivity contribution is -0.119. The summed E-state index contributed by atoms with van der Waals surface area (Å²) in [6, 6.07) is 10.0. The molecular formula is C12H14N2OS. The molecule has 1 aromatic carbocycles. The summed E-state index contributed by atoms with van der Waals surface area (Å²) in [7, 11) is 0. The van der Waals surface area contributed by atoms with Gasteiger partial charge in [-0.1, -0.05) is 42.1 Å². The van der Waals surface area contributed by atoms with Crippen LogP contribution in [0, 0.1) is 0 Å². The Morgan fingerprint density at radius 3 is 2.88 bits per heavy atom. The van der Waals surface area contributed by atoms with Crippen LogP contribution >= 0.6 is 11.8 Å². The maximum atomic E-state index is 11.6. The summed E-state index contributed by atoms with van der Waals surface area (Å²) in [6.45, 7) is 0.818. The number of aliphatic imine (C=N–C) groups is 1.